The van der Waals surface area contributed by atoms with Gasteiger partial charge in [0.05, 0.1) is 0 Å². The quantitative estimate of drug-likeness (QED) is 0.288. The van der Waals surface area contributed by atoms with Crippen molar-refractivity contribution in [1.29, 1.82) is 0 Å². The molecule has 0 N–H and O–H groups in total. The highest BCUT2D eigenvalue weighted by molar-refractivity contribution is 5.15. The number of aryl methyl sites for hydroxylation is 1. The van der Waals surface area contributed by atoms with E-state index < -0.39 is 0 Å². The third-order valence-corrected chi connectivity index (χ3v) is 5.90. The standard InChI is InChI=1S/C24H38/c1-3-5-6-8-14-22-17-19-24(20-18-22)23(4-2)16-11-15-21-12-9-7-10-13-21/h7,9-10,12-13,19,22-23H,3-6,8,11,14-18,20H2,1-2H3. The summed E-state index contributed by atoms with van der Waals surface area (Å²) in [5, 5.41) is 0. The van der Waals surface area contributed by atoms with Gasteiger partial charge in [-0.2, -0.15) is 0 Å². The van der Waals surface area contributed by atoms with Crippen LogP contribution in [0.1, 0.15) is 90.0 Å². The van der Waals surface area contributed by atoms with Crippen LogP contribution in [-0.2, 0) is 6.42 Å². The molecular formula is C24H38. The minimum atomic E-state index is 0.842. The van der Waals surface area contributed by atoms with Gasteiger partial charge < -0.3 is 0 Å². The van der Waals surface area contributed by atoms with E-state index in [9.17, 15) is 0 Å². The Labute approximate surface area is 150 Å². The number of hydrogen-bond acceptors (Lipinski definition) is 0. The third kappa shape index (κ3) is 6.83. The molecule has 0 nitrogen and oxygen atoms in total. The highest BCUT2D eigenvalue weighted by Crippen LogP contribution is 2.34. The predicted octanol–water partition coefficient (Wildman–Crippen LogP) is 7.73. The van der Waals surface area contributed by atoms with Gasteiger partial charge in [-0.3, -0.25) is 0 Å². The average Bonchev–Trinajstić information content (AvgIpc) is 2.64. The summed E-state index contributed by atoms with van der Waals surface area (Å²) in [6, 6.07) is 11.0. The fourth-order valence-corrected chi connectivity index (χ4v) is 4.25. The van der Waals surface area contributed by atoms with Crippen LogP contribution in [0.4, 0.5) is 0 Å². The smallest absolute Gasteiger partial charge is 0.0206 e. The maximum atomic E-state index is 2.63. The fraction of sp³-hybridized carbons (Fsp3) is 0.667. The SMILES string of the molecule is CCCCCCC1CC=C(C(CC)CCCc2ccccc2)CC1. The predicted molar refractivity (Wildman–Crippen MR) is 107 cm³/mol. The minimum absolute atomic E-state index is 0.842. The first-order valence-corrected chi connectivity index (χ1v) is 10.6. The molecule has 0 saturated carbocycles. The van der Waals surface area contributed by atoms with Gasteiger partial charge >= 0.3 is 0 Å². The van der Waals surface area contributed by atoms with Crippen molar-refractivity contribution in [2.24, 2.45) is 11.8 Å². The molecule has 0 heteroatoms. The normalized spacial score (nSPS) is 19.1. The van der Waals surface area contributed by atoms with Crippen LogP contribution in [0.25, 0.3) is 0 Å². The van der Waals surface area contributed by atoms with Crippen molar-refractivity contribution in [2.75, 3.05) is 0 Å². The van der Waals surface area contributed by atoms with Crippen molar-refractivity contribution in [3.8, 4) is 0 Å². The highest BCUT2D eigenvalue weighted by atomic mass is 14.2. The van der Waals surface area contributed by atoms with Crippen LogP contribution < -0.4 is 0 Å². The first-order chi connectivity index (χ1) is 11.8. The molecule has 0 fully saturated rings. The fourth-order valence-electron chi connectivity index (χ4n) is 4.25. The van der Waals surface area contributed by atoms with E-state index in [-0.39, 0.29) is 0 Å². The second kappa shape index (κ2) is 11.5. The lowest BCUT2D eigenvalue weighted by Crippen LogP contribution is -2.12. The van der Waals surface area contributed by atoms with Crippen molar-refractivity contribution < 1.29 is 0 Å². The summed E-state index contributed by atoms with van der Waals surface area (Å²) in [5.74, 6) is 1.82. The number of benzene rings is 1. The summed E-state index contributed by atoms with van der Waals surface area (Å²) in [6.07, 6.45) is 19.2. The van der Waals surface area contributed by atoms with Gasteiger partial charge in [-0.05, 0) is 62.3 Å². The van der Waals surface area contributed by atoms with Gasteiger partial charge in [-0.15, -0.1) is 0 Å². The lowest BCUT2D eigenvalue weighted by atomic mass is 9.79. The Kier molecular flexibility index (Phi) is 9.24. The van der Waals surface area contributed by atoms with Crippen LogP contribution in [0, 0.1) is 11.8 Å². The lowest BCUT2D eigenvalue weighted by Gasteiger charge is -2.27. The van der Waals surface area contributed by atoms with Crippen LogP contribution in [-0.4, -0.2) is 0 Å². The van der Waals surface area contributed by atoms with Gasteiger partial charge in [0, 0.05) is 0 Å². The van der Waals surface area contributed by atoms with Gasteiger partial charge in [0.25, 0.3) is 0 Å². The summed E-state index contributed by atoms with van der Waals surface area (Å²) in [7, 11) is 0. The van der Waals surface area contributed by atoms with E-state index in [0.29, 0.717) is 0 Å². The molecule has 1 aliphatic carbocycles. The zero-order valence-electron chi connectivity index (χ0n) is 16.1. The Bertz CT molecular complexity index is 456. The molecule has 0 saturated heterocycles. The summed E-state index contributed by atoms with van der Waals surface area (Å²) >= 11 is 0. The van der Waals surface area contributed by atoms with Gasteiger partial charge in [-0.1, -0.05) is 87.9 Å². The Balaban J connectivity index is 1.70. The molecule has 2 atom stereocenters. The molecule has 2 rings (SSSR count). The van der Waals surface area contributed by atoms with Crippen LogP contribution in [0.2, 0.25) is 0 Å². The van der Waals surface area contributed by atoms with Crippen LogP contribution in [0.15, 0.2) is 42.0 Å². The first-order valence-electron chi connectivity index (χ1n) is 10.6. The van der Waals surface area contributed by atoms with Gasteiger partial charge in [0.15, 0.2) is 0 Å². The molecule has 1 aromatic rings. The van der Waals surface area contributed by atoms with Crippen molar-refractivity contribution in [2.45, 2.75) is 90.9 Å². The monoisotopic (exact) mass is 326 g/mol. The van der Waals surface area contributed by atoms with E-state index in [4.69, 9.17) is 0 Å². The zero-order chi connectivity index (χ0) is 17.0. The van der Waals surface area contributed by atoms with Gasteiger partial charge in [0.1, 0.15) is 0 Å². The summed E-state index contributed by atoms with van der Waals surface area (Å²) in [5.41, 5.74) is 3.28. The Hall–Kier alpha value is -1.04. The van der Waals surface area contributed by atoms with Crippen LogP contribution in [0.5, 0.6) is 0 Å². The van der Waals surface area contributed by atoms with E-state index >= 15 is 0 Å². The average molecular weight is 327 g/mol. The van der Waals surface area contributed by atoms with E-state index in [0.717, 1.165) is 11.8 Å². The highest BCUT2D eigenvalue weighted by Gasteiger charge is 2.19. The van der Waals surface area contributed by atoms with Gasteiger partial charge in [-0.25, -0.2) is 0 Å². The maximum Gasteiger partial charge on any atom is -0.0206 e. The number of allylic oxidation sites excluding steroid dienone is 2. The van der Waals surface area contributed by atoms with E-state index in [1.165, 1.54) is 82.6 Å². The Morgan fingerprint density at radius 1 is 1.00 bits per heavy atom. The summed E-state index contributed by atoms with van der Waals surface area (Å²) in [4.78, 5) is 0. The molecule has 24 heavy (non-hydrogen) atoms. The Morgan fingerprint density at radius 2 is 1.83 bits per heavy atom. The first kappa shape index (κ1) is 19.3. The molecule has 0 radical (unpaired) electrons. The lowest BCUT2D eigenvalue weighted by molar-refractivity contribution is 0.389. The number of unbranched alkanes of at least 4 members (excludes halogenated alkanes) is 3. The molecule has 2 unspecified atom stereocenters. The molecule has 1 aliphatic rings. The largest absolute Gasteiger partial charge is 0.0848 e. The molecule has 134 valence electrons. The molecule has 0 spiro atoms. The molecule has 1 aromatic carbocycles. The summed E-state index contributed by atoms with van der Waals surface area (Å²) in [6.45, 7) is 4.68. The molecule has 0 bridgehead atoms. The topological polar surface area (TPSA) is 0 Å². The number of hydrogen-bond donors (Lipinski definition) is 0. The molecule has 0 amide bonds. The van der Waals surface area contributed by atoms with E-state index in [1.807, 2.05) is 0 Å². The second-order valence-electron chi connectivity index (χ2n) is 7.75. The van der Waals surface area contributed by atoms with Crippen molar-refractivity contribution in [1.82, 2.24) is 0 Å². The van der Waals surface area contributed by atoms with Crippen LogP contribution in [0.3, 0.4) is 0 Å². The van der Waals surface area contributed by atoms with Crippen molar-refractivity contribution in [3.05, 3.63) is 47.5 Å². The molecule has 0 aliphatic heterocycles. The van der Waals surface area contributed by atoms with E-state index in [2.05, 4.69) is 50.3 Å². The zero-order valence-corrected chi connectivity index (χ0v) is 16.1. The third-order valence-electron chi connectivity index (χ3n) is 5.90. The van der Waals surface area contributed by atoms with Crippen LogP contribution >= 0.6 is 0 Å². The van der Waals surface area contributed by atoms with Crippen molar-refractivity contribution in [3.63, 3.8) is 0 Å². The van der Waals surface area contributed by atoms with Crippen molar-refractivity contribution >= 4 is 0 Å². The summed E-state index contributed by atoms with van der Waals surface area (Å²) < 4.78 is 0. The molecule has 0 aromatic heterocycles. The number of rotatable bonds is 11. The van der Waals surface area contributed by atoms with Gasteiger partial charge in [0.2, 0.25) is 0 Å². The van der Waals surface area contributed by atoms with E-state index in [1.54, 1.807) is 5.57 Å². The Morgan fingerprint density at radius 3 is 2.50 bits per heavy atom. The minimum Gasteiger partial charge on any atom is -0.0848 e. The maximum absolute atomic E-state index is 2.63. The molecule has 0 heterocycles. The second-order valence-corrected chi connectivity index (χ2v) is 7.75. The molecular weight excluding hydrogens is 288 g/mol.